The van der Waals surface area contributed by atoms with Crippen LogP contribution in [0.25, 0.3) is 0 Å². The van der Waals surface area contributed by atoms with E-state index in [1.807, 2.05) is 19.9 Å². The lowest BCUT2D eigenvalue weighted by atomic mass is 9.89. The van der Waals surface area contributed by atoms with Gasteiger partial charge in [-0.15, -0.1) is 0 Å². The molecule has 0 aliphatic rings. The number of aliphatic hydroxyl groups is 1. The number of carbonyl (C=O) groups is 1. The van der Waals surface area contributed by atoms with Gasteiger partial charge in [0.15, 0.2) is 0 Å². The Labute approximate surface area is 126 Å². The Morgan fingerprint density at radius 1 is 1.33 bits per heavy atom. The number of hydrogen-bond donors (Lipinski definition) is 3. The summed E-state index contributed by atoms with van der Waals surface area (Å²) in [6.07, 6.45) is 1.68. The summed E-state index contributed by atoms with van der Waals surface area (Å²) in [4.78, 5) is 13.5. The maximum Gasteiger partial charge on any atom is 0.317 e. The van der Waals surface area contributed by atoms with Crippen LogP contribution < -0.4 is 5.32 Å². The van der Waals surface area contributed by atoms with Crippen molar-refractivity contribution in [2.24, 2.45) is 5.41 Å². The molecule has 1 aromatic carbocycles. The molecule has 0 fully saturated rings. The Balaban J connectivity index is 2.34. The van der Waals surface area contributed by atoms with E-state index in [0.29, 0.717) is 13.1 Å². The summed E-state index contributed by atoms with van der Waals surface area (Å²) in [5.41, 5.74) is 0.614. The van der Waals surface area contributed by atoms with Crippen molar-refractivity contribution in [2.75, 3.05) is 20.2 Å². The molecular formula is C16H26N2O3. The lowest BCUT2D eigenvalue weighted by Crippen LogP contribution is -2.37. The zero-order valence-corrected chi connectivity index (χ0v) is 13.1. The molecule has 0 heterocycles. The first kappa shape index (κ1) is 17.3. The summed E-state index contributed by atoms with van der Waals surface area (Å²) in [6.45, 7) is 5.08. The van der Waals surface area contributed by atoms with Crippen LogP contribution in [-0.2, 0) is 6.54 Å². The second-order valence-electron chi connectivity index (χ2n) is 6.14. The van der Waals surface area contributed by atoms with E-state index in [2.05, 4.69) is 5.32 Å². The number of benzene rings is 1. The van der Waals surface area contributed by atoms with E-state index in [9.17, 15) is 9.90 Å². The number of urea groups is 1. The van der Waals surface area contributed by atoms with Gasteiger partial charge in [-0.1, -0.05) is 32.0 Å². The van der Waals surface area contributed by atoms with Crippen molar-refractivity contribution in [1.29, 1.82) is 0 Å². The molecular weight excluding hydrogens is 268 g/mol. The molecule has 1 aromatic rings. The monoisotopic (exact) mass is 294 g/mol. The molecule has 2 amide bonds. The lowest BCUT2D eigenvalue weighted by molar-refractivity contribution is 0.147. The van der Waals surface area contributed by atoms with Gasteiger partial charge in [-0.3, -0.25) is 0 Å². The van der Waals surface area contributed by atoms with Crippen molar-refractivity contribution in [3.05, 3.63) is 29.8 Å². The maximum atomic E-state index is 11.9. The van der Waals surface area contributed by atoms with Crippen LogP contribution in [0.15, 0.2) is 24.3 Å². The topological polar surface area (TPSA) is 72.8 Å². The largest absolute Gasteiger partial charge is 0.508 e. The highest BCUT2D eigenvalue weighted by Crippen LogP contribution is 2.20. The molecule has 0 radical (unpaired) electrons. The van der Waals surface area contributed by atoms with Gasteiger partial charge in [-0.2, -0.15) is 0 Å². The van der Waals surface area contributed by atoms with Gasteiger partial charge < -0.3 is 20.4 Å². The van der Waals surface area contributed by atoms with E-state index < -0.39 is 0 Å². The normalized spacial score (nSPS) is 11.2. The summed E-state index contributed by atoms with van der Waals surface area (Å²) in [6, 6.07) is 6.82. The number of phenols is 1. The molecule has 0 bridgehead atoms. The Bertz CT molecular complexity index is 461. The molecule has 0 aliphatic carbocycles. The van der Waals surface area contributed by atoms with Crippen molar-refractivity contribution in [3.8, 4) is 5.75 Å². The van der Waals surface area contributed by atoms with Gasteiger partial charge in [0.1, 0.15) is 5.75 Å². The number of nitrogens with zero attached hydrogens (tertiary/aromatic N) is 1. The molecule has 0 saturated carbocycles. The number of carbonyl (C=O) groups excluding carboxylic acids is 1. The third-order valence-electron chi connectivity index (χ3n) is 3.48. The van der Waals surface area contributed by atoms with Crippen LogP contribution in [0, 0.1) is 5.41 Å². The average Bonchev–Trinajstić information content (AvgIpc) is 2.45. The summed E-state index contributed by atoms with van der Waals surface area (Å²) >= 11 is 0. The van der Waals surface area contributed by atoms with Gasteiger partial charge in [0.25, 0.3) is 0 Å². The number of para-hydroxylation sites is 1. The zero-order chi connectivity index (χ0) is 15.9. The second kappa shape index (κ2) is 7.88. The molecule has 0 atom stereocenters. The van der Waals surface area contributed by atoms with Crippen LogP contribution in [0.1, 0.15) is 32.3 Å². The Morgan fingerprint density at radius 2 is 2.00 bits per heavy atom. The molecule has 5 heteroatoms. The molecule has 0 aromatic heterocycles. The summed E-state index contributed by atoms with van der Waals surface area (Å²) in [7, 11) is 1.69. The summed E-state index contributed by atoms with van der Waals surface area (Å²) < 4.78 is 0. The highest BCUT2D eigenvalue weighted by Gasteiger charge is 2.16. The fourth-order valence-electron chi connectivity index (χ4n) is 1.95. The quantitative estimate of drug-likeness (QED) is 0.676. The molecule has 1 rings (SSSR count). The van der Waals surface area contributed by atoms with Crippen LogP contribution in [-0.4, -0.2) is 41.3 Å². The highest BCUT2D eigenvalue weighted by atomic mass is 16.3. The molecule has 0 aliphatic heterocycles. The van der Waals surface area contributed by atoms with E-state index in [4.69, 9.17) is 5.11 Å². The molecule has 21 heavy (non-hydrogen) atoms. The van der Waals surface area contributed by atoms with Crippen molar-refractivity contribution in [1.82, 2.24) is 10.2 Å². The zero-order valence-electron chi connectivity index (χ0n) is 13.1. The van der Waals surface area contributed by atoms with E-state index in [1.54, 1.807) is 25.2 Å². The molecule has 118 valence electrons. The predicted octanol–water partition coefficient (Wildman–Crippen LogP) is 2.33. The van der Waals surface area contributed by atoms with E-state index in [-0.39, 0.29) is 23.8 Å². The summed E-state index contributed by atoms with van der Waals surface area (Å²) in [5, 5.41) is 21.7. The van der Waals surface area contributed by atoms with Crippen molar-refractivity contribution >= 4 is 6.03 Å². The van der Waals surface area contributed by atoms with Gasteiger partial charge in [-0.05, 0) is 24.3 Å². The minimum absolute atomic E-state index is 0.105. The van der Waals surface area contributed by atoms with Crippen LogP contribution >= 0.6 is 0 Å². The highest BCUT2D eigenvalue weighted by molar-refractivity contribution is 5.73. The van der Waals surface area contributed by atoms with Gasteiger partial charge in [0.05, 0.1) is 6.54 Å². The SMILES string of the molecule is CN(Cc1ccccc1O)C(=O)NCCCC(C)(C)CO. The first-order valence-corrected chi connectivity index (χ1v) is 7.22. The standard InChI is InChI=1S/C16H26N2O3/c1-16(2,12-19)9-6-10-17-15(21)18(3)11-13-7-4-5-8-14(13)20/h4-5,7-8,19-20H,6,9-12H2,1-3H3,(H,17,21). The number of aromatic hydroxyl groups is 1. The fraction of sp³-hybridized carbons (Fsp3) is 0.562. The third kappa shape index (κ3) is 6.04. The molecule has 3 N–H and O–H groups in total. The number of rotatable bonds is 7. The van der Waals surface area contributed by atoms with Gasteiger partial charge in [0, 0.05) is 25.8 Å². The maximum absolute atomic E-state index is 11.9. The van der Waals surface area contributed by atoms with Crippen molar-refractivity contribution < 1.29 is 15.0 Å². The number of amides is 2. The van der Waals surface area contributed by atoms with Crippen LogP contribution in [0.4, 0.5) is 4.79 Å². The average molecular weight is 294 g/mol. The molecule has 5 nitrogen and oxygen atoms in total. The van der Waals surface area contributed by atoms with Gasteiger partial charge in [0.2, 0.25) is 0 Å². The van der Waals surface area contributed by atoms with Crippen molar-refractivity contribution in [3.63, 3.8) is 0 Å². The number of nitrogens with one attached hydrogen (secondary N) is 1. The third-order valence-corrected chi connectivity index (χ3v) is 3.48. The predicted molar refractivity (Wildman–Crippen MR) is 83.1 cm³/mol. The fourth-order valence-corrected chi connectivity index (χ4v) is 1.95. The Hall–Kier alpha value is -1.75. The van der Waals surface area contributed by atoms with Gasteiger partial charge in [-0.25, -0.2) is 4.79 Å². The van der Waals surface area contributed by atoms with Crippen LogP contribution in [0.2, 0.25) is 0 Å². The summed E-state index contributed by atoms with van der Waals surface area (Å²) in [5.74, 6) is 0.196. The molecule has 0 saturated heterocycles. The number of hydrogen-bond acceptors (Lipinski definition) is 3. The Kier molecular flexibility index (Phi) is 6.49. The first-order valence-electron chi connectivity index (χ1n) is 7.22. The smallest absolute Gasteiger partial charge is 0.317 e. The van der Waals surface area contributed by atoms with E-state index in [0.717, 1.165) is 18.4 Å². The number of phenolic OH excluding ortho intramolecular Hbond substituents is 1. The minimum atomic E-state index is -0.167. The van der Waals surface area contributed by atoms with Crippen molar-refractivity contribution in [2.45, 2.75) is 33.2 Å². The number of aliphatic hydroxyl groups excluding tert-OH is 1. The molecule has 0 spiro atoms. The van der Waals surface area contributed by atoms with E-state index >= 15 is 0 Å². The minimum Gasteiger partial charge on any atom is -0.508 e. The van der Waals surface area contributed by atoms with E-state index in [1.165, 1.54) is 4.90 Å². The van der Waals surface area contributed by atoms with Crippen LogP contribution in [0.5, 0.6) is 5.75 Å². The molecule has 0 unspecified atom stereocenters. The Morgan fingerprint density at radius 3 is 2.62 bits per heavy atom. The second-order valence-corrected chi connectivity index (χ2v) is 6.14. The first-order chi connectivity index (χ1) is 9.85. The van der Waals surface area contributed by atoms with Crippen LogP contribution in [0.3, 0.4) is 0 Å². The lowest BCUT2D eigenvalue weighted by Gasteiger charge is -2.22. The van der Waals surface area contributed by atoms with Gasteiger partial charge >= 0.3 is 6.03 Å².